The molecule has 3 rings (SSSR count). The lowest BCUT2D eigenvalue weighted by Gasteiger charge is -2.10. The summed E-state index contributed by atoms with van der Waals surface area (Å²) < 4.78 is 25.1. The summed E-state index contributed by atoms with van der Waals surface area (Å²) in [5.74, 6) is -0.959. The summed E-state index contributed by atoms with van der Waals surface area (Å²) in [6, 6.07) is 11.3. The van der Waals surface area contributed by atoms with Crippen molar-refractivity contribution in [2.45, 2.75) is 20.8 Å². The van der Waals surface area contributed by atoms with Crippen LogP contribution in [0.1, 0.15) is 22.5 Å². The van der Waals surface area contributed by atoms with Crippen LogP contribution in [0.5, 0.6) is 5.75 Å². The molecule has 1 heterocycles. The van der Waals surface area contributed by atoms with Crippen molar-refractivity contribution < 1.29 is 23.5 Å². The fraction of sp³-hybridized carbons (Fsp3) is 0.208. The van der Waals surface area contributed by atoms with Gasteiger partial charge in [0.15, 0.2) is 6.61 Å². The van der Waals surface area contributed by atoms with E-state index in [1.54, 1.807) is 41.9 Å². The molecule has 2 aromatic carbocycles. The zero-order valence-corrected chi connectivity index (χ0v) is 18.3. The fourth-order valence-corrected chi connectivity index (χ4v) is 3.17. The minimum absolute atomic E-state index is 0.331. The molecule has 0 saturated heterocycles. The topological polar surface area (TPSA) is 82.4 Å². The Morgan fingerprint density at radius 3 is 2.53 bits per heavy atom. The van der Waals surface area contributed by atoms with Gasteiger partial charge in [-0.05, 0) is 68.8 Å². The molecule has 0 radical (unpaired) electrons. The first kappa shape index (κ1) is 22.7. The number of hydrogen-bond donors (Lipinski definition) is 1. The molecule has 8 heteroatoms. The van der Waals surface area contributed by atoms with E-state index < -0.39 is 18.5 Å². The summed E-state index contributed by atoms with van der Waals surface area (Å²) in [7, 11) is 1.51. The van der Waals surface area contributed by atoms with Crippen LogP contribution in [0, 0.1) is 26.6 Å². The molecule has 32 heavy (non-hydrogen) atoms. The van der Waals surface area contributed by atoms with Crippen LogP contribution in [0.3, 0.4) is 0 Å². The number of nitrogens with zero attached hydrogens (tertiary/aromatic N) is 2. The van der Waals surface area contributed by atoms with Gasteiger partial charge in [0, 0.05) is 17.3 Å². The van der Waals surface area contributed by atoms with Crippen LogP contribution in [0.4, 0.5) is 10.1 Å². The summed E-state index contributed by atoms with van der Waals surface area (Å²) in [6.45, 7) is 5.10. The summed E-state index contributed by atoms with van der Waals surface area (Å²) in [5, 5.41) is 7.12. The number of esters is 1. The summed E-state index contributed by atoms with van der Waals surface area (Å²) in [4.78, 5) is 24.3. The van der Waals surface area contributed by atoms with E-state index in [1.807, 2.05) is 19.9 Å². The third-order valence-corrected chi connectivity index (χ3v) is 4.78. The third-order valence-electron chi connectivity index (χ3n) is 4.78. The summed E-state index contributed by atoms with van der Waals surface area (Å²) in [6.07, 6.45) is 2.83. The fourth-order valence-electron chi connectivity index (χ4n) is 3.17. The van der Waals surface area contributed by atoms with E-state index in [-0.39, 0.29) is 5.82 Å². The van der Waals surface area contributed by atoms with Crippen molar-refractivity contribution in [3.8, 4) is 11.4 Å². The van der Waals surface area contributed by atoms with Gasteiger partial charge in [0.25, 0.3) is 5.91 Å². The molecule has 0 saturated carbocycles. The number of amides is 1. The lowest BCUT2D eigenvalue weighted by atomic mass is 10.2. The molecule has 0 atom stereocenters. The number of methoxy groups -OCH3 is 1. The lowest BCUT2D eigenvalue weighted by molar-refractivity contribution is -0.142. The maximum absolute atomic E-state index is 13.2. The number of hydrogen-bond acceptors (Lipinski definition) is 5. The number of carbonyl (C=O) groups is 2. The number of carbonyl (C=O) groups excluding carboxylic acids is 2. The van der Waals surface area contributed by atoms with Crippen LogP contribution in [0.15, 0.2) is 48.5 Å². The molecule has 0 aliphatic rings. The number of benzene rings is 2. The smallest absolute Gasteiger partial charge is 0.331 e. The molecule has 0 bridgehead atoms. The molecule has 7 nitrogen and oxygen atoms in total. The molecule has 0 spiro atoms. The van der Waals surface area contributed by atoms with E-state index in [4.69, 9.17) is 9.47 Å². The first-order valence-electron chi connectivity index (χ1n) is 9.90. The molecule has 0 aliphatic carbocycles. The highest BCUT2D eigenvalue weighted by Gasteiger charge is 2.13. The number of aryl methyl sites for hydroxylation is 2. The van der Waals surface area contributed by atoms with Crippen molar-refractivity contribution in [3.63, 3.8) is 0 Å². The van der Waals surface area contributed by atoms with E-state index in [9.17, 15) is 14.0 Å². The highest BCUT2D eigenvalue weighted by Crippen LogP contribution is 2.25. The van der Waals surface area contributed by atoms with Crippen LogP contribution < -0.4 is 10.1 Å². The van der Waals surface area contributed by atoms with Gasteiger partial charge in [0.1, 0.15) is 11.6 Å². The van der Waals surface area contributed by atoms with Crippen molar-refractivity contribution in [2.75, 3.05) is 19.0 Å². The van der Waals surface area contributed by atoms with E-state index in [2.05, 4.69) is 10.4 Å². The second-order valence-electron chi connectivity index (χ2n) is 7.17. The van der Waals surface area contributed by atoms with Crippen molar-refractivity contribution in [2.24, 2.45) is 0 Å². The monoisotopic (exact) mass is 437 g/mol. The zero-order valence-electron chi connectivity index (χ0n) is 18.3. The Morgan fingerprint density at radius 1 is 1.12 bits per heavy atom. The zero-order chi connectivity index (χ0) is 23.3. The minimum Gasteiger partial charge on any atom is -0.495 e. The molecule has 166 valence electrons. The van der Waals surface area contributed by atoms with E-state index in [1.165, 1.54) is 25.3 Å². The Labute approximate surface area is 185 Å². The van der Waals surface area contributed by atoms with Gasteiger partial charge in [-0.25, -0.2) is 13.9 Å². The number of nitrogens with one attached hydrogen (secondary N) is 1. The molecule has 1 amide bonds. The highest BCUT2D eigenvalue weighted by molar-refractivity contribution is 5.95. The second-order valence-corrected chi connectivity index (χ2v) is 7.17. The molecule has 1 aromatic heterocycles. The molecule has 1 N–H and O–H groups in total. The first-order valence-corrected chi connectivity index (χ1v) is 9.90. The second kappa shape index (κ2) is 9.91. The first-order chi connectivity index (χ1) is 15.3. The molecule has 3 aromatic rings. The van der Waals surface area contributed by atoms with Gasteiger partial charge in [0.05, 0.1) is 24.2 Å². The Hall–Kier alpha value is -3.94. The van der Waals surface area contributed by atoms with Gasteiger partial charge in [-0.1, -0.05) is 6.07 Å². The standard InChI is InChI=1S/C24H24FN3O4/c1-15-5-11-22(31-4)21(13-15)26-23(29)14-32-24(30)12-10-20-16(2)27-28(17(20)3)19-8-6-18(25)7-9-19/h5-13H,14H2,1-4H3,(H,26,29)/b12-10+. The number of ether oxygens (including phenoxy) is 2. The Balaban J connectivity index is 1.62. The summed E-state index contributed by atoms with van der Waals surface area (Å²) >= 11 is 0. The molecular weight excluding hydrogens is 413 g/mol. The van der Waals surface area contributed by atoms with Crippen molar-refractivity contribution in [1.29, 1.82) is 0 Å². The maximum atomic E-state index is 13.2. The normalized spacial score (nSPS) is 10.9. The third kappa shape index (κ3) is 5.40. The van der Waals surface area contributed by atoms with Crippen LogP contribution in [-0.4, -0.2) is 35.4 Å². The molecular formula is C24H24FN3O4. The van der Waals surface area contributed by atoms with Gasteiger partial charge in [-0.15, -0.1) is 0 Å². The van der Waals surface area contributed by atoms with E-state index >= 15 is 0 Å². The molecule has 0 unspecified atom stereocenters. The predicted molar refractivity (Wildman–Crippen MR) is 119 cm³/mol. The summed E-state index contributed by atoms with van der Waals surface area (Å²) in [5.41, 5.74) is 4.37. The van der Waals surface area contributed by atoms with E-state index in [0.717, 1.165) is 16.8 Å². The molecule has 0 aliphatic heterocycles. The van der Waals surface area contributed by atoms with Crippen LogP contribution in [0.25, 0.3) is 11.8 Å². The van der Waals surface area contributed by atoms with Gasteiger partial charge < -0.3 is 14.8 Å². The lowest BCUT2D eigenvalue weighted by Crippen LogP contribution is -2.20. The van der Waals surface area contributed by atoms with Crippen LogP contribution >= 0.6 is 0 Å². The Morgan fingerprint density at radius 2 is 1.84 bits per heavy atom. The highest BCUT2D eigenvalue weighted by atomic mass is 19.1. The quantitative estimate of drug-likeness (QED) is 0.444. The average molecular weight is 437 g/mol. The Kier molecular flexibility index (Phi) is 7.04. The Bertz CT molecular complexity index is 1170. The largest absolute Gasteiger partial charge is 0.495 e. The minimum atomic E-state index is -0.662. The SMILES string of the molecule is COc1ccc(C)cc1NC(=O)COC(=O)/C=C/c1c(C)nn(-c2ccc(F)cc2)c1C. The maximum Gasteiger partial charge on any atom is 0.331 e. The van der Waals surface area contributed by atoms with Crippen LogP contribution in [0.2, 0.25) is 0 Å². The van der Waals surface area contributed by atoms with Crippen molar-refractivity contribution in [1.82, 2.24) is 9.78 Å². The van der Waals surface area contributed by atoms with Crippen LogP contribution in [-0.2, 0) is 14.3 Å². The van der Waals surface area contributed by atoms with Gasteiger partial charge in [0.2, 0.25) is 0 Å². The molecule has 0 fully saturated rings. The average Bonchev–Trinajstić information content (AvgIpc) is 3.05. The van der Waals surface area contributed by atoms with Gasteiger partial charge in [-0.2, -0.15) is 5.10 Å². The number of anilines is 1. The predicted octanol–water partition coefficient (Wildman–Crippen LogP) is 4.14. The number of rotatable bonds is 7. The number of halogens is 1. The van der Waals surface area contributed by atoms with Crippen molar-refractivity contribution in [3.05, 3.63) is 76.9 Å². The van der Waals surface area contributed by atoms with Gasteiger partial charge >= 0.3 is 5.97 Å². The van der Waals surface area contributed by atoms with Gasteiger partial charge in [-0.3, -0.25) is 4.79 Å². The number of aromatic nitrogens is 2. The van der Waals surface area contributed by atoms with Crippen molar-refractivity contribution >= 4 is 23.6 Å². The van der Waals surface area contributed by atoms with E-state index in [0.29, 0.717) is 22.8 Å².